The van der Waals surface area contributed by atoms with Crippen LogP contribution < -0.4 is 0 Å². The molecule has 16 heavy (non-hydrogen) atoms. The van der Waals surface area contributed by atoms with Gasteiger partial charge in [-0.15, -0.1) is 0 Å². The van der Waals surface area contributed by atoms with Crippen LogP contribution in [0.25, 0.3) is 0 Å². The number of hydrogen-bond donors (Lipinski definition) is 1. The lowest BCUT2D eigenvalue weighted by molar-refractivity contribution is 0.255. The summed E-state index contributed by atoms with van der Waals surface area (Å²) in [6.07, 6.45) is 9.78. The summed E-state index contributed by atoms with van der Waals surface area (Å²) >= 11 is 0. The highest BCUT2D eigenvalue weighted by atomic mass is 16.3. The van der Waals surface area contributed by atoms with Crippen molar-refractivity contribution in [2.75, 3.05) is 6.61 Å². The second-order valence-electron chi connectivity index (χ2n) is 5.51. The molecular formula is C15H30O. The molecule has 0 aromatic heterocycles. The zero-order valence-corrected chi connectivity index (χ0v) is 11.6. The Labute approximate surface area is 102 Å². The van der Waals surface area contributed by atoms with Crippen molar-refractivity contribution in [2.24, 2.45) is 11.8 Å². The van der Waals surface area contributed by atoms with Crippen molar-refractivity contribution in [3.63, 3.8) is 0 Å². The second kappa shape index (κ2) is 9.89. The topological polar surface area (TPSA) is 20.2 Å². The van der Waals surface area contributed by atoms with E-state index in [2.05, 4.69) is 33.8 Å². The van der Waals surface area contributed by atoms with E-state index in [9.17, 15) is 0 Å². The summed E-state index contributed by atoms with van der Waals surface area (Å²) in [6.45, 7) is 9.28. The van der Waals surface area contributed by atoms with Gasteiger partial charge < -0.3 is 5.11 Å². The van der Waals surface area contributed by atoms with E-state index in [-0.39, 0.29) is 0 Å². The second-order valence-corrected chi connectivity index (χ2v) is 5.51. The third-order valence-electron chi connectivity index (χ3n) is 3.23. The van der Waals surface area contributed by atoms with Crippen molar-refractivity contribution < 1.29 is 5.11 Å². The lowest BCUT2D eigenvalue weighted by Gasteiger charge is -2.13. The van der Waals surface area contributed by atoms with Crippen LogP contribution in [0.2, 0.25) is 0 Å². The zero-order chi connectivity index (χ0) is 12.4. The van der Waals surface area contributed by atoms with Crippen molar-refractivity contribution in [3.05, 3.63) is 11.6 Å². The molecule has 0 saturated carbocycles. The standard InChI is InChI=1S/C15H30O/c1-13(2)7-5-8-14(3)9-6-10-15(4)11-12-16/h7,14-16H,5-6,8-12H2,1-4H3/t14-,15?/m0/s1. The fraction of sp³-hybridized carbons (Fsp3) is 0.867. The molecule has 0 aromatic rings. The summed E-state index contributed by atoms with van der Waals surface area (Å²) in [5.74, 6) is 1.53. The predicted molar refractivity (Wildman–Crippen MR) is 72.5 cm³/mol. The molecule has 0 spiro atoms. The minimum absolute atomic E-state index is 0.345. The summed E-state index contributed by atoms with van der Waals surface area (Å²) in [5, 5.41) is 8.81. The summed E-state index contributed by atoms with van der Waals surface area (Å²) in [5.41, 5.74) is 1.43. The van der Waals surface area contributed by atoms with Crippen LogP contribution in [0.15, 0.2) is 11.6 Å². The Morgan fingerprint density at radius 1 is 1.00 bits per heavy atom. The van der Waals surface area contributed by atoms with E-state index < -0.39 is 0 Å². The van der Waals surface area contributed by atoms with E-state index in [1.54, 1.807) is 0 Å². The molecule has 1 heteroatoms. The van der Waals surface area contributed by atoms with Gasteiger partial charge in [0.2, 0.25) is 0 Å². The molecule has 0 amide bonds. The monoisotopic (exact) mass is 226 g/mol. The lowest BCUT2D eigenvalue weighted by atomic mass is 9.94. The van der Waals surface area contributed by atoms with Gasteiger partial charge in [0.1, 0.15) is 0 Å². The SMILES string of the molecule is CC(C)=CCC[C@H](C)CCCC(C)CCO. The van der Waals surface area contributed by atoms with E-state index >= 15 is 0 Å². The van der Waals surface area contributed by atoms with Crippen LogP contribution >= 0.6 is 0 Å². The van der Waals surface area contributed by atoms with Crippen LogP contribution in [0.4, 0.5) is 0 Å². The Balaban J connectivity index is 3.43. The van der Waals surface area contributed by atoms with E-state index in [0.29, 0.717) is 12.5 Å². The fourth-order valence-corrected chi connectivity index (χ4v) is 1.98. The first-order chi connectivity index (χ1) is 7.56. The molecule has 1 unspecified atom stereocenters. The van der Waals surface area contributed by atoms with Crippen molar-refractivity contribution in [3.8, 4) is 0 Å². The van der Waals surface area contributed by atoms with Crippen molar-refractivity contribution >= 4 is 0 Å². The Hall–Kier alpha value is -0.300. The summed E-state index contributed by atoms with van der Waals surface area (Å²) < 4.78 is 0. The molecule has 96 valence electrons. The van der Waals surface area contributed by atoms with Gasteiger partial charge in [0, 0.05) is 6.61 Å². The van der Waals surface area contributed by atoms with E-state index in [0.717, 1.165) is 12.3 Å². The largest absolute Gasteiger partial charge is 0.396 e. The highest BCUT2D eigenvalue weighted by molar-refractivity contribution is 4.92. The molecule has 0 aliphatic rings. The molecular weight excluding hydrogens is 196 g/mol. The fourth-order valence-electron chi connectivity index (χ4n) is 1.98. The molecule has 1 nitrogen and oxygen atoms in total. The highest BCUT2D eigenvalue weighted by Crippen LogP contribution is 2.18. The van der Waals surface area contributed by atoms with E-state index in [4.69, 9.17) is 5.11 Å². The molecule has 0 rings (SSSR count). The van der Waals surface area contributed by atoms with E-state index in [1.165, 1.54) is 37.7 Å². The van der Waals surface area contributed by atoms with Crippen molar-refractivity contribution in [1.82, 2.24) is 0 Å². The van der Waals surface area contributed by atoms with Crippen molar-refractivity contribution in [2.45, 2.75) is 66.2 Å². The third-order valence-corrected chi connectivity index (χ3v) is 3.23. The van der Waals surface area contributed by atoms with Gasteiger partial charge in [-0.3, -0.25) is 0 Å². The maximum Gasteiger partial charge on any atom is 0.0433 e. The Kier molecular flexibility index (Phi) is 9.71. The summed E-state index contributed by atoms with van der Waals surface area (Å²) in [4.78, 5) is 0. The van der Waals surface area contributed by atoms with E-state index in [1.807, 2.05) is 0 Å². The van der Waals surface area contributed by atoms with Gasteiger partial charge in [0.05, 0.1) is 0 Å². The van der Waals surface area contributed by atoms with Gasteiger partial charge in [-0.25, -0.2) is 0 Å². The molecule has 0 saturated heterocycles. The van der Waals surface area contributed by atoms with Crippen LogP contribution in [0.3, 0.4) is 0 Å². The van der Waals surface area contributed by atoms with Crippen LogP contribution in [-0.4, -0.2) is 11.7 Å². The average Bonchev–Trinajstić information content (AvgIpc) is 2.17. The average molecular weight is 226 g/mol. The van der Waals surface area contributed by atoms with Crippen LogP contribution in [0.1, 0.15) is 66.2 Å². The molecule has 0 aliphatic heterocycles. The van der Waals surface area contributed by atoms with Crippen LogP contribution in [-0.2, 0) is 0 Å². The number of rotatable bonds is 9. The van der Waals surface area contributed by atoms with Crippen LogP contribution in [0, 0.1) is 11.8 Å². The first-order valence-corrected chi connectivity index (χ1v) is 6.80. The Morgan fingerprint density at radius 3 is 2.06 bits per heavy atom. The van der Waals surface area contributed by atoms with Gasteiger partial charge in [-0.2, -0.15) is 0 Å². The lowest BCUT2D eigenvalue weighted by Crippen LogP contribution is -2.00. The van der Waals surface area contributed by atoms with Gasteiger partial charge in [0.25, 0.3) is 0 Å². The van der Waals surface area contributed by atoms with Crippen LogP contribution in [0.5, 0.6) is 0 Å². The molecule has 2 atom stereocenters. The Morgan fingerprint density at radius 2 is 1.56 bits per heavy atom. The molecule has 0 heterocycles. The first-order valence-electron chi connectivity index (χ1n) is 6.80. The number of hydrogen-bond acceptors (Lipinski definition) is 1. The smallest absolute Gasteiger partial charge is 0.0433 e. The normalized spacial score (nSPS) is 14.6. The number of aliphatic hydroxyl groups is 1. The zero-order valence-electron chi connectivity index (χ0n) is 11.6. The number of allylic oxidation sites excluding steroid dienone is 2. The van der Waals surface area contributed by atoms with Crippen molar-refractivity contribution in [1.29, 1.82) is 0 Å². The quantitative estimate of drug-likeness (QED) is 0.571. The molecule has 0 bridgehead atoms. The molecule has 0 radical (unpaired) electrons. The van der Waals surface area contributed by atoms with Gasteiger partial charge in [-0.1, -0.05) is 44.8 Å². The summed E-state index contributed by atoms with van der Waals surface area (Å²) in [6, 6.07) is 0. The Bertz CT molecular complexity index is 180. The van der Waals surface area contributed by atoms with Gasteiger partial charge in [0.15, 0.2) is 0 Å². The minimum Gasteiger partial charge on any atom is -0.396 e. The highest BCUT2D eigenvalue weighted by Gasteiger charge is 2.04. The predicted octanol–water partition coefficient (Wildman–Crippen LogP) is 4.56. The minimum atomic E-state index is 0.345. The summed E-state index contributed by atoms with van der Waals surface area (Å²) in [7, 11) is 0. The molecule has 0 aromatic carbocycles. The van der Waals surface area contributed by atoms with Gasteiger partial charge in [-0.05, 0) is 44.9 Å². The molecule has 0 fully saturated rings. The maximum absolute atomic E-state index is 8.81. The maximum atomic E-state index is 8.81. The number of aliphatic hydroxyl groups excluding tert-OH is 1. The molecule has 0 aliphatic carbocycles. The van der Waals surface area contributed by atoms with Gasteiger partial charge >= 0.3 is 0 Å². The third kappa shape index (κ3) is 10.2. The first kappa shape index (κ1) is 15.7. The molecule has 1 N–H and O–H groups in total.